The SMILES string of the molecule is CCC(CC)(C(=O)O)N1CC2(CCOCC2)C1. The smallest absolute Gasteiger partial charge is 0.324 e. The Morgan fingerprint density at radius 2 is 1.82 bits per heavy atom. The van der Waals surface area contributed by atoms with Crippen molar-refractivity contribution in [2.75, 3.05) is 26.3 Å². The fourth-order valence-corrected chi connectivity index (χ4v) is 3.32. The van der Waals surface area contributed by atoms with Gasteiger partial charge in [0.1, 0.15) is 5.54 Å². The maximum Gasteiger partial charge on any atom is 0.324 e. The van der Waals surface area contributed by atoms with Crippen LogP contribution in [0.25, 0.3) is 0 Å². The van der Waals surface area contributed by atoms with Crippen LogP contribution >= 0.6 is 0 Å². The monoisotopic (exact) mass is 241 g/mol. The Morgan fingerprint density at radius 3 is 2.24 bits per heavy atom. The van der Waals surface area contributed by atoms with Gasteiger partial charge in [0.15, 0.2) is 0 Å². The van der Waals surface area contributed by atoms with Crippen LogP contribution in [0.15, 0.2) is 0 Å². The number of hydrogen-bond acceptors (Lipinski definition) is 3. The molecule has 0 aromatic rings. The van der Waals surface area contributed by atoms with Crippen molar-refractivity contribution in [1.29, 1.82) is 0 Å². The second kappa shape index (κ2) is 4.58. The molecule has 0 radical (unpaired) electrons. The molecule has 0 aromatic heterocycles. The highest BCUT2D eigenvalue weighted by Gasteiger charge is 2.53. The van der Waals surface area contributed by atoms with E-state index in [0.717, 1.165) is 39.1 Å². The summed E-state index contributed by atoms with van der Waals surface area (Å²) < 4.78 is 5.39. The number of aliphatic carboxylic acids is 1. The van der Waals surface area contributed by atoms with Gasteiger partial charge in [0.25, 0.3) is 0 Å². The van der Waals surface area contributed by atoms with Gasteiger partial charge in [-0.25, -0.2) is 0 Å². The van der Waals surface area contributed by atoms with Crippen molar-refractivity contribution in [3.05, 3.63) is 0 Å². The van der Waals surface area contributed by atoms with Crippen molar-refractivity contribution < 1.29 is 14.6 Å². The molecule has 0 unspecified atom stereocenters. The maximum atomic E-state index is 11.5. The highest BCUT2D eigenvalue weighted by atomic mass is 16.5. The first kappa shape index (κ1) is 12.8. The average Bonchev–Trinajstić information content (AvgIpc) is 2.30. The summed E-state index contributed by atoms with van der Waals surface area (Å²) >= 11 is 0. The first-order valence-electron chi connectivity index (χ1n) is 6.65. The van der Waals surface area contributed by atoms with E-state index >= 15 is 0 Å². The lowest BCUT2D eigenvalue weighted by Gasteiger charge is -2.58. The van der Waals surface area contributed by atoms with Crippen LogP contribution < -0.4 is 0 Å². The average molecular weight is 241 g/mol. The number of hydrogen-bond donors (Lipinski definition) is 1. The molecule has 2 aliphatic rings. The number of carboxylic acids is 1. The van der Waals surface area contributed by atoms with Gasteiger partial charge in [-0.05, 0) is 25.7 Å². The molecule has 98 valence electrons. The molecule has 2 fully saturated rings. The van der Waals surface area contributed by atoms with Crippen LogP contribution in [0.5, 0.6) is 0 Å². The molecule has 2 rings (SSSR count). The quantitative estimate of drug-likeness (QED) is 0.814. The molecule has 4 nitrogen and oxygen atoms in total. The van der Waals surface area contributed by atoms with Gasteiger partial charge in [-0.3, -0.25) is 9.69 Å². The van der Waals surface area contributed by atoms with Gasteiger partial charge in [0.2, 0.25) is 0 Å². The number of nitrogens with zero attached hydrogens (tertiary/aromatic N) is 1. The lowest BCUT2D eigenvalue weighted by Crippen LogP contribution is -2.68. The van der Waals surface area contributed by atoms with Gasteiger partial charge in [-0.15, -0.1) is 0 Å². The fourth-order valence-electron chi connectivity index (χ4n) is 3.32. The second-order valence-electron chi connectivity index (χ2n) is 5.51. The Bertz CT molecular complexity index is 285. The van der Waals surface area contributed by atoms with Crippen molar-refractivity contribution in [3.8, 4) is 0 Å². The first-order chi connectivity index (χ1) is 8.08. The standard InChI is InChI=1S/C13H23NO3/c1-3-13(4-2,11(15)16)14-9-12(10-14)5-7-17-8-6-12/h3-10H2,1-2H3,(H,15,16). The Balaban J connectivity index is 2.03. The summed E-state index contributed by atoms with van der Waals surface area (Å²) in [6.45, 7) is 7.51. The van der Waals surface area contributed by atoms with E-state index < -0.39 is 11.5 Å². The zero-order valence-corrected chi connectivity index (χ0v) is 10.9. The van der Waals surface area contributed by atoms with Crippen LogP contribution in [0.1, 0.15) is 39.5 Å². The molecule has 17 heavy (non-hydrogen) atoms. The molecule has 0 bridgehead atoms. The van der Waals surface area contributed by atoms with E-state index in [2.05, 4.69) is 4.90 Å². The van der Waals surface area contributed by atoms with Gasteiger partial charge in [-0.2, -0.15) is 0 Å². The van der Waals surface area contributed by atoms with Gasteiger partial charge in [-0.1, -0.05) is 13.8 Å². The highest BCUT2D eigenvalue weighted by Crippen LogP contribution is 2.44. The summed E-state index contributed by atoms with van der Waals surface area (Å²) in [7, 11) is 0. The molecule has 0 saturated carbocycles. The molecule has 1 N–H and O–H groups in total. The van der Waals surface area contributed by atoms with E-state index in [4.69, 9.17) is 4.74 Å². The van der Waals surface area contributed by atoms with Crippen LogP contribution in [0.2, 0.25) is 0 Å². The lowest BCUT2D eigenvalue weighted by atomic mass is 9.70. The Morgan fingerprint density at radius 1 is 1.29 bits per heavy atom. The predicted molar refractivity (Wildman–Crippen MR) is 65.0 cm³/mol. The predicted octanol–water partition coefficient (Wildman–Crippen LogP) is 1.74. The van der Waals surface area contributed by atoms with Gasteiger partial charge in [0, 0.05) is 31.7 Å². The van der Waals surface area contributed by atoms with E-state index in [9.17, 15) is 9.90 Å². The minimum atomic E-state index is -0.663. The van der Waals surface area contributed by atoms with E-state index in [-0.39, 0.29) is 0 Å². The fraction of sp³-hybridized carbons (Fsp3) is 0.923. The molecular formula is C13H23NO3. The Kier molecular flexibility index (Phi) is 3.46. The highest BCUT2D eigenvalue weighted by molar-refractivity contribution is 5.78. The second-order valence-corrected chi connectivity index (χ2v) is 5.51. The van der Waals surface area contributed by atoms with E-state index in [1.165, 1.54) is 0 Å². The molecule has 1 spiro atoms. The van der Waals surface area contributed by atoms with E-state index in [1.54, 1.807) is 0 Å². The molecule has 2 saturated heterocycles. The summed E-state index contributed by atoms with van der Waals surface area (Å²) in [5.41, 5.74) is -0.285. The third-order valence-corrected chi connectivity index (χ3v) is 4.78. The molecule has 2 aliphatic heterocycles. The largest absolute Gasteiger partial charge is 0.480 e. The summed E-state index contributed by atoms with van der Waals surface area (Å²) in [6, 6.07) is 0. The van der Waals surface area contributed by atoms with Gasteiger partial charge in [0.05, 0.1) is 0 Å². The summed E-state index contributed by atoms with van der Waals surface area (Å²) in [6.07, 6.45) is 3.55. The maximum absolute atomic E-state index is 11.5. The minimum Gasteiger partial charge on any atom is -0.480 e. The van der Waals surface area contributed by atoms with Crippen molar-refractivity contribution in [2.24, 2.45) is 5.41 Å². The topological polar surface area (TPSA) is 49.8 Å². The zero-order valence-electron chi connectivity index (χ0n) is 10.9. The Hall–Kier alpha value is -0.610. The molecule has 2 heterocycles. The first-order valence-corrected chi connectivity index (χ1v) is 6.65. The Labute approximate surface area is 103 Å². The van der Waals surface area contributed by atoms with Crippen molar-refractivity contribution in [2.45, 2.75) is 45.1 Å². The zero-order chi connectivity index (χ0) is 12.5. The summed E-state index contributed by atoms with van der Waals surface area (Å²) in [5, 5.41) is 9.48. The van der Waals surface area contributed by atoms with E-state index in [0.29, 0.717) is 18.3 Å². The summed E-state index contributed by atoms with van der Waals surface area (Å²) in [4.78, 5) is 13.7. The number of rotatable bonds is 4. The molecule has 0 amide bonds. The number of carbonyl (C=O) groups is 1. The van der Waals surface area contributed by atoms with Crippen molar-refractivity contribution in [3.63, 3.8) is 0 Å². The van der Waals surface area contributed by atoms with Crippen molar-refractivity contribution >= 4 is 5.97 Å². The number of ether oxygens (including phenoxy) is 1. The molecule has 0 atom stereocenters. The van der Waals surface area contributed by atoms with Crippen LogP contribution in [0.4, 0.5) is 0 Å². The molecule has 0 aromatic carbocycles. The molecule has 0 aliphatic carbocycles. The molecular weight excluding hydrogens is 218 g/mol. The van der Waals surface area contributed by atoms with Crippen molar-refractivity contribution in [1.82, 2.24) is 4.90 Å². The van der Waals surface area contributed by atoms with Crippen LogP contribution in [-0.4, -0.2) is 47.8 Å². The van der Waals surface area contributed by atoms with Gasteiger partial charge < -0.3 is 9.84 Å². The minimum absolute atomic E-state index is 0.350. The molecule has 4 heteroatoms. The number of carboxylic acid groups (broad SMARTS) is 1. The lowest BCUT2D eigenvalue weighted by molar-refractivity contribution is -0.171. The third-order valence-electron chi connectivity index (χ3n) is 4.78. The van der Waals surface area contributed by atoms with Crippen LogP contribution in [0, 0.1) is 5.41 Å². The van der Waals surface area contributed by atoms with Gasteiger partial charge >= 0.3 is 5.97 Å². The van der Waals surface area contributed by atoms with Crippen LogP contribution in [0.3, 0.4) is 0 Å². The number of likely N-dealkylation sites (tertiary alicyclic amines) is 1. The van der Waals surface area contributed by atoms with E-state index in [1.807, 2.05) is 13.8 Å². The summed E-state index contributed by atoms with van der Waals surface area (Å²) in [5.74, 6) is -0.663. The normalized spacial score (nSPS) is 24.6. The van der Waals surface area contributed by atoms with Crippen LogP contribution in [-0.2, 0) is 9.53 Å². The third kappa shape index (κ3) is 1.97.